The molecule has 1 aliphatic rings. The zero-order valence-electron chi connectivity index (χ0n) is 18.5. The third-order valence-electron chi connectivity index (χ3n) is 5.04. The average molecular weight is 405 g/mol. The van der Waals surface area contributed by atoms with E-state index in [4.69, 9.17) is 0 Å². The molecule has 0 spiro atoms. The minimum absolute atomic E-state index is 0.0821. The van der Waals surface area contributed by atoms with Crippen LogP contribution in [0, 0.1) is 0 Å². The number of nitrogens with zero attached hydrogens (tertiary/aromatic N) is 1. The molecule has 1 unspecified atom stereocenters. The Hall–Kier alpha value is -1.46. The van der Waals surface area contributed by atoms with Crippen LogP contribution in [0.4, 0.5) is 0 Å². The summed E-state index contributed by atoms with van der Waals surface area (Å²) in [5.74, 6) is 0.428. The molecular weight excluding hydrogens is 368 g/mol. The lowest BCUT2D eigenvalue weighted by Crippen LogP contribution is -2.33. The van der Waals surface area contributed by atoms with Gasteiger partial charge in [-0.15, -0.1) is 0 Å². The van der Waals surface area contributed by atoms with Crippen LogP contribution in [0.1, 0.15) is 76.8 Å². The maximum absolute atomic E-state index is 13.1. The van der Waals surface area contributed by atoms with E-state index in [0.29, 0.717) is 12.3 Å². The lowest BCUT2D eigenvalue weighted by atomic mass is 9.78. The zero-order chi connectivity index (χ0) is 21.3. The fourth-order valence-corrected chi connectivity index (χ4v) is 4.49. The van der Waals surface area contributed by atoms with Crippen LogP contribution in [0.3, 0.4) is 0 Å². The third kappa shape index (κ3) is 4.93. The Kier molecular flexibility index (Phi) is 6.93. The highest BCUT2D eigenvalue weighted by Gasteiger charge is 2.38. The van der Waals surface area contributed by atoms with Crippen molar-refractivity contribution >= 4 is 17.7 Å². The second-order valence-electron chi connectivity index (χ2n) is 9.60. The number of aromatic hydroxyl groups is 1. The smallest absolute Gasteiger partial charge is 0.245 e. The highest BCUT2D eigenvalue weighted by atomic mass is 32.2. The number of phenols is 1. The van der Waals surface area contributed by atoms with Crippen LogP contribution in [-0.4, -0.2) is 35.5 Å². The van der Waals surface area contributed by atoms with E-state index in [1.165, 1.54) is 11.8 Å². The molecule has 1 aromatic carbocycles. The minimum atomic E-state index is -0.304. The molecule has 1 aliphatic heterocycles. The average Bonchev–Trinajstić information content (AvgIpc) is 2.84. The Balaban J connectivity index is 2.39. The number of hydrogen-bond donors (Lipinski definition) is 2. The number of nitrogens with one attached hydrogen (secondary N) is 1. The zero-order valence-corrected chi connectivity index (χ0v) is 19.3. The molecule has 1 fully saturated rings. The van der Waals surface area contributed by atoms with Crippen molar-refractivity contribution in [2.75, 3.05) is 19.6 Å². The van der Waals surface area contributed by atoms with Gasteiger partial charge in [0.05, 0.1) is 5.03 Å². The Morgan fingerprint density at radius 1 is 1.11 bits per heavy atom. The first kappa shape index (κ1) is 22.8. The topological polar surface area (TPSA) is 52.6 Å². The molecular formula is C23H36N2O2S. The Bertz CT molecular complexity index is 709. The molecule has 1 saturated heterocycles. The van der Waals surface area contributed by atoms with Crippen LogP contribution in [0.5, 0.6) is 5.75 Å². The molecule has 0 radical (unpaired) electrons. The summed E-state index contributed by atoms with van der Waals surface area (Å²) in [7, 11) is 0. The molecule has 0 saturated carbocycles. The maximum Gasteiger partial charge on any atom is 0.245 e. The fraction of sp³-hybridized carbons (Fsp3) is 0.609. The van der Waals surface area contributed by atoms with Crippen LogP contribution < -0.4 is 5.32 Å². The normalized spacial score (nSPS) is 18.2. The van der Waals surface area contributed by atoms with Gasteiger partial charge in [-0.1, -0.05) is 66.8 Å². The summed E-state index contributed by atoms with van der Waals surface area (Å²) in [6.07, 6.45) is 1.07. The van der Waals surface area contributed by atoms with Crippen molar-refractivity contribution < 1.29 is 9.90 Å². The molecule has 1 amide bonds. The predicted molar refractivity (Wildman–Crippen MR) is 120 cm³/mol. The number of benzene rings is 1. The van der Waals surface area contributed by atoms with Crippen molar-refractivity contribution in [1.29, 1.82) is 0 Å². The lowest BCUT2D eigenvalue weighted by Gasteiger charge is -2.29. The third-order valence-corrected chi connectivity index (χ3v) is 6.24. The quantitative estimate of drug-likeness (QED) is 0.650. The van der Waals surface area contributed by atoms with Gasteiger partial charge >= 0.3 is 0 Å². The van der Waals surface area contributed by atoms with Crippen LogP contribution in [-0.2, 0) is 15.6 Å². The fourth-order valence-electron chi connectivity index (χ4n) is 3.40. The summed E-state index contributed by atoms with van der Waals surface area (Å²) in [6, 6.07) is 4.01. The molecule has 1 heterocycles. The molecule has 2 N–H and O–H groups in total. The minimum Gasteiger partial charge on any atom is -0.507 e. The second kappa shape index (κ2) is 8.50. The van der Waals surface area contributed by atoms with Crippen molar-refractivity contribution in [2.24, 2.45) is 0 Å². The predicted octanol–water partition coefficient (Wildman–Crippen LogP) is 5.07. The van der Waals surface area contributed by atoms with E-state index < -0.39 is 0 Å². The maximum atomic E-state index is 13.1. The molecule has 1 atom stereocenters. The Morgan fingerprint density at radius 3 is 2.11 bits per heavy atom. The van der Waals surface area contributed by atoms with Gasteiger partial charge < -0.3 is 15.3 Å². The van der Waals surface area contributed by atoms with Crippen molar-refractivity contribution in [3.63, 3.8) is 0 Å². The molecule has 1 aromatic rings. The Morgan fingerprint density at radius 2 is 1.64 bits per heavy atom. The van der Waals surface area contributed by atoms with Gasteiger partial charge in [-0.2, -0.15) is 0 Å². The number of thioether (sulfide) groups is 1. The monoisotopic (exact) mass is 404 g/mol. The highest BCUT2D eigenvalue weighted by molar-refractivity contribution is 8.04. The SMILES string of the molecule is C=C1SC(c2cc(C(C)(C)C)c(O)c(C(C)(C)C)c2)C(=O)N1CCNCCC. The number of rotatable bonds is 6. The summed E-state index contributed by atoms with van der Waals surface area (Å²) in [6.45, 7) is 21.1. The number of carbonyl (C=O) groups is 1. The summed E-state index contributed by atoms with van der Waals surface area (Å²) >= 11 is 1.52. The molecule has 0 bridgehead atoms. The van der Waals surface area contributed by atoms with E-state index in [2.05, 4.69) is 60.4 Å². The van der Waals surface area contributed by atoms with Crippen molar-refractivity contribution in [3.8, 4) is 5.75 Å². The standard InChI is InChI=1S/C23H36N2O2S/c1-9-10-24-11-12-25-15(2)28-20(21(25)27)16-13-17(22(3,4)5)19(26)18(14-16)23(6,7)8/h13-14,20,24,26H,2,9-12H2,1,3-8H3. The first-order chi connectivity index (χ1) is 12.9. The first-order valence-corrected chi connectivity index (χ1v) is 11.0. The van der Waals surface area contributed by atoms with E-state index in [1.54, 1.807) is 4.90 Å². The van der Waals surface area contributed by atoms with Gasteiger partial charge in [0.1, 0.15) is 11.0 Å². The van der Waals surface area contributed by atoms with Gasteiger partial charge in [-0.05, 0) is 52.6 Å². The number of hydrogen-bond acceptors (Lipinski definition) is 4. The largest absolute Gasteiger partial charge is 0.507 e. The van der Waals surface area contributed by atoms with Crippen LogP contribution in [0.15, 0.2) is 23.7 Å². The highest BCUT2D eigenvalue weighted by Crippen LogP contribution is 2.48. The van der Waals surface area contributed by atoms with E-state index in [0.717, 1.165) is 41.2 Å². The number of phenolic OH excluding ortho intramolecular Hbond substituents is 1. The molecule has 5 heteroatoms. The van der Waals surface area contributed by atoms with Gasteiger partial charge in [-0.3, -0.25) is 4.79 Å². The van der Waals surface area contributed by atoms with Crippen LogP contribution in [0.25, 0.3) is 0 Å². The van der Waals surface area contributed by atoms with E-state index in [1.807, 2.05) is 12.1 Å². The van der Waals surface area contributed by atoms with E-state index in [-0.39, 0.29) is 22.0 Å². The van der Waals surface area contributed by atoms with Crippen molar-refractivity contribution in [2.45, 2.75) is 71.0 Å². The first-order valence-electron chi connectivity index (χ1n) is 10.1. The van der Waals surface area contributed by atoms with Gasteiger partial charge in [0.2, 0.25) is 5.91 Å². The van der Waals surface area contributed by atoms with Crippen molar-refractivity contribution in [3.05, 3.63) is 40.4 Å². The van der Waals surface area contributed by atoms with Crippen LogP contribution in [0.2, 0.25) is 0 Å². The summed E-state index contributed by atoms with van der Waals surface area (Å²) < 4.78 is 0. The second-order valence-corrected chi connectivity index (χ2v) is 10.8. The van der Waals surface area contributed by atoms with Crippen molar-refractivity contribution in [1.82, 2.24) is 10.2 Å². The molecule has 2 rings (SSSR count). The number of carbonyl (C=O) groups excluding carboxylic acids is 1. The molecule has 0 aliphatic carbocycles. The van der Waals surface area contributed by atoms with Gasteiger partial charge in [0.15, 0.2) is 0 Å². The van der Waals surface area contributed by atoms with E-state index in [9.17, 15) is 9.90 Å². The number of amides is 1. The Labute approximate surface area is 174 Å². The summed E-state index contributed by atoms with van der Waals surface area (Å²) in [4.78, 5) is 14.9. The molecule has 156 valence electrons. The summed E-state index contributed by atoms with van der Waals surface area (Å²) in [5, 5.41) is 14.8. The lowest BCUT2D eigenvalue weighted by molar-refractivity contribution is -0.127. The van der Waals surface area contributed by atoms with Gasteiger partial charge in [0.25, 0.3) is 0 Å². The van der Waals surface area contributed by atoms with E-state index >= 15 is 0 Å². The molecule has 0 aromatic heterocycles. The summed E-state index contributed by atoms with van der Waals surface area (Å²) in [5.41, 5.74) is 2.29. The van der Waals surface area contributed by atoms with Gasteiger partial charge in [-0.25, -0.2) is 0 Å². The van der Waals surface area contributed by atoms with Crippen LogP contribution >= 0.6 is 11.8 Å². The molecule has 28 heavy (non-hydrogen) atoms. The molecule has 4 nitrogen and oxygen atoms in total. The van der Waals surface area contributed by atoms with Gasteiger partial charge in [0, 0.05) is 13.1 Å².